The lowest BCUT2D eigenvalue weighted by Crippen LogP contribution is -2.02. The normalized spacial score (nSPS) is 11.1. The first-order chi connectivity index (χ1) is 9.51. The van der Waals surface area contributed by atoms with Crippen LogP contribution < -0.4 is 0 Å². The quantitative estimate of drug-likeness (QED) is 0.761. The number of aryl methyl sites for hydroxylation is 1. The van der Waals surface area contributed by atoms with Crippen molar-refractivity contribution in [1.29, 1.82) is 0 Å². The van der Waals surface area contributed by atoms with Crippen LogP contribution in [0.4, 0.5) is 4.39 Å². The average Bonchev–Trinajstić information content (AvgIpc) is 2.79. The van der Waals surface area contributed by atoms with Crippen molar-refractivity contribution in [3.8, 4) is 11.3 Å². The first-order valence-corrected chi connectivity index (χ1v) is 7.28. The molecule has 2 aromatic rings. The smallest absolute Gasteiger partial charge is 0.153 e. The summed E-state index contributed by atoms with van der Waals surface area (Å²) in [6.45, 7) is 4.97. The van der Waals surface area contributed by atoms with E-state index in [2.05, 4.69) is 34.9 Å². The number of benzene rings is 1. The van der Waals surface area contributed by atoms with Crippen LogP contribution in [0.5, 0.6) is 0 Å². The number of aromatic nitrogens is 2. The molecule has 0 radical (unpaired) electrons. The van der Waals surface area contributed by atoms with Crippen LogP contribution in [-0.2, 0) is 6.54 Å². The highest BCUT2D eigenvalue weighted by atomic mass is 79.9. The topological polar surface area (TPSA) is 34.9 Å². The molecular weight excluding hydrogens is 323 g/mol. The summed E-state index contributed by atoms with van der Waals surface area (Å²) in [6, 6.07) is 4.73. The lowest BCUT2D eigenvalue weighted by molar-refractivity contribution is 0.112. The molecule has 0 saturated heterocycles. The Balaban J connectivity index is 2.37. The van der Waals surface area contributed by atoms with Crippen molar-refractivity contribution in [2.45, 2.75) is 26.8 Å². The molecule has 2 rings (SSSR count). The number of rotatable bonds is 5. The second kappa shape index (κ2) is 6.31. The van der Waals surface area contributed by atoms with E-state index in [9.17, 15) is 9.18 Å². The fourth-order valence-electron chi connectivity index (χ4n) is 1.92. The molecule has 0 atom stereocenters. The second-order valence-corrected chi connectivity index (χ2v) is 6.04. The standard InChI is InChI=1S/C15H16BrFN2O/c1-10(2)5-6-19-8-11(9-20)15(18-19)13-4-3-12(16)7-14(13)17/h3-4,7-10H,5-6H2,1-2H3. The van der Waals surface area contributed by atoms with Crippen molar-refractivity contribution in [1.82, 2.24) is 9.78 Å². The maximum atomic E-state index is 14.0. The minimum atomic E-state index is -0.392. The van der Waals surface area contributed by atoms with E-state index in [-0.39, 0.29) is 0 Å². The molecule has 3 nitrogen and oxygen atoms in total. The van der Waals surface area contributed by atoms with Crippen LogP contribution in [0.25, 0.3) is 11.3 Å². The van der Waals surface area contributed by atoms with Gasteiger partial charge in [0.05, 0.1) is 5.56 Å². The van der Waals surface area contributed by atoms with Gasteiger partial charge in [0.2, 0.25) is 0 Å². The van der Waals surface area contributed by atoms with Crippen molar-refractivity contribution >= 4 is 22.2 Å². The molecule has 0 aliphatic heterocycles. The number of halogens is 2. The molecule has 1 heterocycles. The molecule has 0 spiro atoms. The van der Waals surface area contributed by atoms with Gasteiger partial charge in [-0.3, -0.25) is 9.48 Å². The highest BCUT2D eigenvalue weighted by molar-refractivity contribution is 9.10. The molecule has 0 aliphatic rings. The van der Waals surface area contributed by atoms with Gasteiger partial charge in [-0.15, -0.1) is 0 Å². The van der Waals surface area contributed by atoms with Gasteiger partial charge in [-0.05, 0) is 30.5 Å². The summed E-state index contributed by atoms with van der Waals surface area (Å²) in [5.74, 6) is 0.156. The first-order valence-electron chi connectivity index (χ1n) is 6.49. The Hall–Kier alpha value is -1.49. The van der Waals surface area contributed by atoms with Crippen molar-refractivity contribution in [3.05, 3.63) is 40.2 Å². The molecular formula is C15H16BrFN2O. The van der Waals surface area contributed by atoms with E-state index in [0.717, 1.165) is 19.3 Å². The van der Waals surface area contributed by atoms with Gasteiger partial charge in [0, 0.05) is 22.8 Å². The second-order valence-electron chi connectivity index (χ2n) is 5.12. The predicted octanol–water partition coefficient (Wildman–Crippen LogP) is 4.31. The van der Waals surface area contributed by atoms with E-state index in [1.54, 1.807) is 23.0 Å². The average molecular weight is 339 g/mol. The van der Waals surface area contributed by atoms with Gasteiger partial charge >= 0.3 is 0 Å². The summed E-state index contributed by atoms with van der Waals surface area (Å²) in [5.41, 5.74) is 1.15. The third-order valence-corrected chi connectivity index (χ3v) is 3.53. The SMILES string of the molecule is CC(C)CCn1cc(C=O)c(-c2ccc(Br)cc2F)n1. The Morgan fingerprint density at radius 1 is 1.45 bits per heavy atom. The summed E-state index contributed by atoms with van der Waals surface area (Å²) < 4.78 is 16.3. The number of carbonyl (C=O) groups is 1. The van der Waals surface area contributed by atoms with E-state index in [1.165, 1.54) is 6.07 Å². The lowest BCUT2D eigenvalue weighted by atomic mass is 10.1. The Morgan fingerprint density at radius 3 is 2.80 bits per heavy atom. The maximum Gasteiger partial charge on any atom is 0.153 e. The van der Waals surface area contributed by atoms with Gasteiger partial charge in [-0.25, -0.2) is 4.39 Å². The Kier molecular flexibility index (Phi) is 4.70. The van der Waals surface area contributed by atoms with E-state index in [4.69, 9.17) is 0 Å². The summed E-state index contributed by atoms with van der Waals surface area (Å²) in [4.78, 5) is 11.1. The summed E-state index contributed by atoms with van der Waals surface area (Å²) >= 11 is 3.22. The first kappa shape index (κ1) is 14.9. The molecule has 0 aliphatic carbocycles. The third kappa shape index (κ3) is 3.33. The van der Waals surface area contributed by atoms with Crippen LogP contribution >= 0.6 is 15.9 Å². The number of aldehydes is 1. The van der Waals surface area contributed by atoms with Crippen molar-refractivity contribution in [2.75, 3.05) is 0 Å². The zero-order chi connectivity index (χ0) is 14.7. The minimum absolute atomic E-state index is 0.346. The monoisotopic (exact) mass is 338 g/mol. The van der Waals surface area contributed by atoms with Gasteiger partial charge < -0.3 is 0 Å². The number of hydrogen-bond acceptors (Lipinski definition) is 2. The fourth-order valence-corrected chi connectivity index (χ4v) is 2.25. The lowest BCUT2D eigenvalue weighted by Gasteiger charge is -2.04. The summed E-state index contributed by atoms with van der Waals surface area (Å²) in [7, 11) is 0. The van der Waals surface area contributed by atoms with Crippen LogP contribution in [0.3, 0.4) is 0 Å². The molecule has 1 aromatic heterocycles. The van der Waals surface area contributed by atoms with Crippen molar-refractivity contribution < 1.29 is 9.18 Å². The molecule has 5 heteroatoms. The van der Waals surface area contributed by atoms with Gasteiger partial charge in [-0.1, -0.05) is 29.8 Å². The third-order valence-electron chi connectivity index (χ3n) is 3.04. The van der Waals surface area contributed by atoms with Crippen LogP contribution in [0, 0.1) is 11.7 Å². The fraction of sp³-hybridized carbons (Fsp3) is 0.333. The van der Waals surface area contributed by atoms with Crippen molar-refractivity contribution in [2.24, 2.45) is 5.92 Å². The van der Waals surface area contributed by atoms with Crippen LogP contribution in [0.2, 0.25) is 0 Å². The molecule has 0 bridgehead atoms. The zero-order valence-electron chi connectivity index (χ0n) is 11.4. The number of carbonyl (C=O) groups excluding carboxylic acids is 1. The van der Waals surface area contributed by atoms with Crippen LogP contribution in [0.1, 0.15) is 30.6 Å². The summed E-state index contributed by atoms with van der Waals surface area (Å²) in [5, 5.41) is 4.34. The molecule has 0 saturated carbocycles. The molecule has 1 aromatic carbocycles. The number of hydrogen-bond donors (Lipinski definition) is 0. The highest BCUT2D eigenvalue weighted by Gasteiger charge is 2.15. The highest BCUT2D eigenvalue weighted by Crippen LogP contribution is 2.26. The van der Waals surface area contributed by atoms with E-state index < -0.39 is 5.82 Å². The van der Waals surface area contributed by atoms with Crippen LogP contribution in [0.15, 0.2) is 28.9 Å². The van der Waals surface area contributed by atoms with Gasteiger partial charge in [0.25, 0.3) is 0 Å². The number of nitrogens with zero attached hydrogens (tertiary/aromatic N) is 2. The molecule has 0 amide bonds. The van der Waals surface area contributed by atoms with Gasteiger partial charge in [0.15, 0.2) is 6.29 Å². The van der Waals surface area contributed by atoms with Gasteiger partial charge in [-0.2, -0.15) is 5.10 Å². The molecule has 20 heavy (non-hydrogen) atoms. The molecule has 0 unspecified atom stereocenters. The van der Waals surface area contributed by atoms with Crippen molar-refractivity contribution in [3.63, 3.8) is 0 Å². The Bertz CT molecular complexity index is 622. The maximum absolute atomic E-state index is 14.0. The predicted molar refractivity (Wildman–Crippen MR) is 80.2 cm³/mol. The van der Waals surface area contributed by atoms with E-state index in [1.807, 2.05) is 0 Å². The van der Waals surface area contributed by atoms with E-state index in [0.29, 0.717) is 27.2 Å². The van der Waals surface area contributed by atoms with Crippen LogP contribution in [-0.4, -0.2) is 16.1 Å². The largest absolute Gasteiger partial charge is 0.298 e. The Morgan fingerprint density at radius 2 is 2.20 bits per heavy atom. The summed E-state index contributed by atoms with van der Waals surface area (Å²) in [6.07, 6.45) is 3.35. The Labute approximate surface area is 125 Å². The molecule has 0 N–H and O–H groups in total. The molecule has 0 fully saturated rings. The zero-order valence-corrected chi connectivity index (χ0v) is 13.0. The van der Waals surface area contributed by atoms with Gasteiger partial charge in [0.1, 0.15) is 11.5 Å². The van der Waals surface area contributed by atoms with E-state index >= 15 is 0 Å². The molecule has 106 valence electrons. The minimum Gasteiger partial charge on any atom is -0.298 e.